The minimum absolute atomic E-state index is 0.00630. The molecule has 0 saturated heterocycles. The molecule has 0 radical (unpaired) electrons. The van der Waals surface area contributed by atoms with Crippen molar-refractivity contribution < 1.29 is 27.3 Å². The lowest BCUT2D eigenvalue weighted by Gasteiger charge is -2.33. The fourth-order valence-electron chi connectivity index (χ4n) is 4.52. The van der Waals surface area contributed by atoms with Gasteiger partial charge < -0.3 is 10.2 Å². The van der Waals surface area contributed by atoms with E-state index >= 15 is 0 Å². The van der Waals surface area contributed by atoms with E-state index in [1.165, 1.54) is 61.6 Å². The molecule has 0 aliphatic rings. The van der Waals surface area contributed by atoms with E-state index in [0.717, 1.165) is 26.9 Å². The van der Waals surface area contributed by atoms with E-state index in [2.05, 4.69) is 5.32 Å². The highest BCUT2D eigenvalue weighted by atomic mass is 32.2. The number of sulfonamides is 1. The van der Waals surface area contributed by atoms with Gasteiger partial charge in [0.1, 0.15) is 18.4 Å². The molecule has 0 spiro atoms. The van der Waals surface area contributed by atoms with Crippen molar-refractivity contribution in [3.05, 3.63) is 136 Å². The van der Waals surface area contributed by atoms with Crippen molar-refractivity contribution in [2.75, 3.05) is 17.9 Å². The normalized spacial score (nSPS) is 11.8. The molecule has 0 aliphatic carbocycles. The van der Waals surface area contributed by atoms with Crippen molar-refractivity contribution >= 4 is 33.2 Å². The summed E-state index contributed by atoms with van der Waals surface area (Å²) >= 11 is 0. The fraction of sp³-hybridized carbons (Fsp3) is 0.161. The molecule has 2 amide bonds. The number of likely N-dealkylation sites (N-methyl/N-ethyl adjacent to an activating group) is 1. The summed E-state index contributed by atoms with van der Waals surface area (Å²) in [4.78, 5) is 39.0. The van der Waals surface area contributed by atoms with Crippen LogP contribution in [0.15, 0.2) is 114 Å². The number of nitro groups is 1. The average Bonchev–Trinajstić information content (AvgIpc) is 3.02. The predicted molar refractivity (Wildman–Crippen MR) is 159 cm³/mol. The zero-order valence-electron chi connectivity index (χ0n) is 23.2. The van der Waals surface area contributed by atoms with Crippen LogP contribution in [0, 0.1) is 15.9 Å². The van der Waals surface area contributed by atoms with Crippen LogP contribution in [0.3, 0.4) is 0 Å². The number of nitrogens with zero attached hydrogens (tertiary/aromatic N) is 3. The molecule has 222 valence electrons. The van der Waals surface area contributed by atoms with Gasteiger partial charge in [-0.15, -0.1) is 0 Å². The number of carbonyl (C=O) groups is 2. The largest absolute Gasteiger partial charge is 0.357 e. The standard InChI is InChI=1S/C31H29FN4O6S/c1-33-31(38)29(20-23-10-4-2-5-11-23)34(21-24-12-8-9-15-28(24)32)30(37)22-35(25-16-18-26(19-17-25)36(39)40)43(41,42)27-13-6-3-7-14-27/h2-19,29H,20-22H2,1H3,(H,33,38). The highest BCUT2D eigenvalue weighted by Gasteiger charge is 2.34. The van der Waals surface area contributed by atoms with Crippen LogP contribution >= 0.6 is 0 Å². The van der Waals surface area contributed by atoms with Crippen molar-refractivity contribution in [3.63, 3.8) is 0 Å². The van der Waals surface area contributed by atoms with Gasteiger partial charge in [-0.3, -0.25) is 24.0 Å². The van der Waals surface area contributed by atoms with Gasteiger partial charge >= 0.3 is 0 Å². The quantitative estimate of drug-likeness (QED) is 0.189. The number of anilines is 1. The van der Waals surface area contributed by atoms with Gasteiger partial charge in [-0.25, -0.2) is 12.8 Å². The number of hydrogen-bond donors (Lipinski definition) is 1. The number of nitro benzene ring substituents is 1. The zero-order valence-corrected chi connectivity index (χ0v) is 24.0. The first kappa shape index (κ1) is 30.8. The summed E-state index contributed by atoms with van der Waals surface area (Å²) in [6.07, 6.45) is 0.0731. The maximum Gasteiger partial charge on any atom is 0.269 e. The van der Waals surface area contributed by atoms with Gasteiger partial charge in [-0.2, -0.15) is 0 Å². The number of rotatable bonds is 12. The number of amides is 2. The van der Waals surface area contributed by atoms with Crippen molar-refractivity contribution in [3.8, 4) is 0 Å². The lowest BCUT2D eigenvalue weighted by Crippen LogP contribution is -2.53. The first-order chi connectivity index (χ1) is 20.6. The van der Waals surface area contributed by atoms with Gasteiger partial charge in [0.25, 0.3) is 15.7 Å². The van der Waals surface area contributed by atoms with Crippen LogP contribution in [0.1, 0.15) is 11.1 Å². The molecular weight excluding hydrogens is 575 g/mol. The third kappa shape index (κ3) is 7.41. The van der Waals surface area contributed by atoms with Gasteiger partial charge in [0.05, 0.1) is 15.5 Å². The van der Waals surface area contributed by atoms with E-state index in [-0.39, 0.29) is 34.8 Å². The summed E-state index contributed by atoms with van der Waals surface area (Å²) in [5.74, 6) is -1.91. The number of halogens is 1. The molecule has 0 saturated carbocycles. The van der Waals surface area contributed by atoms with E-state index in [4.69, 9.17) is 0 Å². The smallest absolute Gasteiger partial charge is 0.269 e. The molecule has 43 heavy (non-hydrogen) atoms. The van der Waals surface area contributed by atoms with Crippen molar-refractivity contribution in [2.24, 2.45) is 0 Å². The van der Waals surface area contributed by atoms with Crippen LogP contribution in [-0.2, 0) is 32.6 Å². The second-order valence-electron chi connectivity index (χ2n) is 9.53. The second-order valence-corrected chi connectivity index (χ2v) is 11.4. The Kier molecular flexibility index (Phi) is 9.83. The summed E-state index contributed by atoms with van der Waals surface area (Å²) in [5, 5.41) is 13.8. The van der Waals surface area contributed by atoms with E-state index in [0.29, 0.717) is 0 Å². The molecule has 0 bridgehead atoms. The maximum absolute atomic E-state index is 14.8. The number of hydrogen-bond acceptors (Lipinski definition) is 6. The van der Waals surface area contributed by atoms with Crippen LogP contribution in [0.2, 0.25) is 0 Å². The fourth-order valence-corrected chi connectivity index (χ4v) is 5.95. The van der Waals surface area contributed by atoms with Gasteiger partial charge in [0.2, 0.25) is 11.8 Å². The van der Waals surface area contributed by atoms with Gasteiger partial charge in [0.15, 0.2) is 0 Å². The summed E-state index contributed by atoms with van der Waals surface area (Å²) in [7, 11) is -2.95. The minimum atomic E-state index is -4.37. The topological polar surface area (TPSA) is 130 Å². The Hall–Kier alpha value is -5.10. The van der Waals surface area contributed by atoms with Gasteiger partial charge in [-0.05, 0) is 35.9 Å². The minimum Gasteiger partial charge on any atom is -0.357 e. The predicted octanol–water partition coefficient (Wildman–Crippen LogP) is 4.32. The maximum atomic E-state index is 14.8. The van der Waals surface area contributed by atoms with E-state index in [9.17, 15) is 32.5 Å². The molecule has 0 aliphatic heterocycles. The monoisotopic (exact) mass is 604 g/mol. The zero-order chi connectivity index (χ0) is 31.0. The van der Waals surface area contributed by atoms with Crippen LogP contribution in [-0.4, -0.2) is 49.7 Å². The molecule has 1 atom stereocenters. The lowest BCUT2D eigenvalue weighted by molar-refractivity contribution is -0.384. The molecule has 0 aromatic heterocycles. The molecule has 4 rings (SSSR count). The second kappa shape index (κ2) is 13.7. The van der Waals surface area contributed by atoms with Crippen LogP contribution < -0.4 is 9.62 Å². The molecular formula is C31H29FN4O6S. The third-order valence-electron chi connectivity index (χ3n) is 6.77. The Bertz CT molecular complexity index is 1690. The molecule has 10 nitrogen and oxygen atoms in total. The SMILES string of the molecule is CNC(=O)C(Cc1ccccc1)N(Cc1ccccc1F)C(=O)CN(c1ccc([N+](=O)[O-])cc1)S(=O)(=O)c1ccccc1. The lowest BCUT2D eigenvalue weighted by atomic mass is 10.0. The molecule has 1 unspecified atom stereocenters. The third-order valence-corrected chi connectivity index (χ3v) is 8.56. The molecule has 0 fully saturated rings. The number of non-ortho nitro benzene ring substituents is 1. The Labute approximate surface area is 248 Å². The summed E-state index contributed by atoms with van der Waals surface area (Å²) in [5.41, 5.74) is 0.584. The van der Waals surface area contributed by atoms with Crippen LogP contribution in [0.4, 0.5) is 15.8 Å². The van der Waals surface area contributed by atoms with Crippen LogP contribution in [0.25, 0.3) is 0 Å². The molecule has 1 N–H and O–H groups in total. The molecule has 4 aromatic carbocycles. The number of carbonyl (C=O) groups excluding carboxylic acids is 2. The van der Waals surface area contributed by atoms with Crippen molar-refractivity contribution in [2.45, 2.75) is 23.9 Å². The van der Waals surface area contributed by atoms with Gasteiger partial charge in [0, 0.05) is 37.7 Å². The Morgan fingerprint density at radius 1 is 0.884 bits per heavy atom. The Morgan fingerprint density at radius 2 is 1.47 bits per heavy atom. The van der Waals surface area contributed by atoms with E-state index in [1.807, 2.05) is 0 Å². The van der Waals surface area contributed by atoms with E-state index < -0.39 is 45.2 Å². The summed E-state index contributed by atoms with van der Waals surface area (Å²) in [6.45, 7) is -1.10. The summed E-state index contributed by atoms with van der Waals surface area (Å²) in [6, 6.07) is 25.7. The molecule has 12 heteroatoms. The highest BCUT2D eigenvalue weighted by Crippen LogP contribution is 2.27. The van der Waals surface area contributed by atoms with Crippen LogP contribution in [0.5, 0.6) is 0 Å². The molecule has 4 aromatic rings. The first-order valence-electron chi connectivity index (χ1n) is 13.2. The van der Waals surface area contributed by atoms with Crippen molar-refractivity contribution in [1.82, 2.24) is 10.2 Å². The number of benzene rings is 4. The summed E-state index contributed by atoms with van der Waals surface area (Å²) < 4.78 is 43.4. The number of nitrogens with one attached hydrogen (secondary N) is 1. The first-order valence-corrected chi connectivity index (χ1v) is 14.7. The highest BCUT2D eigenvalue weighted by molar-refractivity contribution is 7.92. The molecule has 0 heterocycles. The Balaban J connectivity index is 1.80. The Morgan fingerprint density at radius 3 is 2.05 bits per heavy atom. The average molecular weight is 605 g/mol. The van der Waals surface area contributed by atoms with E-state index in [1.54, 1.807) is 42.5 Å². The van der Waals surface area contributed by atoms with Gasteiger partial charge in [-0.1, -0.05) is 66.7 Å². The van der Waals surface area contributed by atoms with Crippen molar-refractivity contribution in [1.29, 1.82) is 0 Å².